The van der Waals surface area contributed by atoms with Crippen molar-refractivity contribution in [2.45, 2.75) is 6.42 Å². The van der Waals surface area contributed by atoms with Crippen LogP contribution in [0.3, 0.4) is 0 Å². The molecule has 0 atom stereocenters. The fourth-order valence-electron chi connectivity index (χ4n) is 1.85. The number of fused-ring (bicyclic) bond motifs is 1. The number of aromatic nitrogens is 6. The van der Waals surface area contributed by atoms with Crippen LogP contribution in [0.25, 0.3) is 11.2 Å². The van der Waals surface area contributed by atoms with E-state index in [0.29, 0.717) is 5.65 Å². The molecule has 0 radical (unpaired) electrons. The van der Waals surface area contributed by atoms with Crippen molar-refractivity contribution in [1.82, 2.24) is 29.7 Å². The molecule has 7 heteroatoms. The summed E-state index contributed by atoms with van der Waals surface area (Å²) in [6.07, 6.45) is 5.81. The summed E-state index contributed by atoms with van der Waals surface area (Å²) >= 11 is 0. The first-order chi connectivity index (χ1) is 8.84. The molecule has 0 saturated heterocycles. The van der Waals surface area contributed by atoms with Gasteiger partial charge in [0, 0.05) is 31.9 Å². The minimum Gasteiger partial charge on any atom is -0.368 e. The van der Waals surface area contributed by atoms with Gasteiger partial charge in [-0.15, -0.1) is 0 Å². The maximum atomic E-state index is 4.20. The number of nitrogens with one attached hydrogen (secondary N) is 2. The lowest BCUT2D eigenvalue weighted by molar-refractivity contribution is 0.711. The van der Waals surface area contributed by atoms with E-state index in [1.807, 2.05) is 17.8 Å². The van der Waals surface area contributed by atoms with Gasteiger partial charge in [-0.25, -0.2) is 15.0 Å². The average Bonchev–Trinajstić information content (AvgIpc) is 2.99. The van der Waals surface area contributed by atoms with E-state index in [2.05, 4.69) is 30.4 Å². The van der Waals surface area contributed by atoms with E-state index in [1.165, 1.54) is 12.0 Å². The lowest BCUT2D eigenvalue weighted by Gasteiger charge is -2.06. The molecule has 0 bridgehead atoms. The SMILES string of the molecule is Cn1nccc1CCNc1ncnc2nc[nH]c12. The zero-order valence-corrected chi connectivity index (χ0v) is 9.96. The number of hydrogen-bond acceptors (Lipinski definition) is 5. The molecular formula is C11H13N7. The van der Waals surface area contributed by atoms with E-state index >= 15 is 0 Å². The Kier molecular flexibility index (Phi) is 2.64. The van der Waals surface area contributed by atoms with Gasteiger partial charge in [0.2, 0.25) is 0 Å². The number of aryl methyl sites for hydroxylation is 1. The van der Waals surface area contributed by atoms with Crippen LogP contribution in [0.4, 0.5) is 5.82 Å². The lowest BCUT2D eigenvalue weighted by atomic mass is 10.3. The first-order valence-electron chi connectivity index (χ1n) is 5.69. The molecular weight excluding hydrogens is 230 g/mol. The Morgan fingerprint density at radius 2 is 2.28 bits per heavy atom. The molecule has 3 aromatic heterocycles. The van der Waals surface area contributed by atoms with Crippen molar-refractivity contribution < 1.29 is 0 Å². The standard InChI is InChI=1S/C11H13N7/c1-18-8(3-5-17-18)2-4-12-10-9-11(14-6-13-9)16-7-15-10/h3,5-7H,2,4H2,1H3,(H2,12,13,14,15,16). The number of anilines is 1. The maximum absolute atomic E-state index is 4.20. The Balaban J connectivity index is 1.70. The topological polar surface area (TPSA) is 84.3 Å². The zero-order valence-electron chi connectivity index (χ0n) is 9.96. The highest BCUT2D eigenvalue weighted by molar-refractivity contribution is 5.81. The number of hydrogen-bond donors (Lipinski definition) is 2. The fourth-order valence-corrected chi connectivity index (χ4v) is 1.85. The second-order valence-electron chi connectivity index (χ2n) is 3.95. The predicted octanol–water partition coefficient (Wildman–Crippen LogP) is 0.741. The molecule has 0 aliphatic rings. The third-order valence-electron chi connectivity index (χ3n) is 2.82. The highest BCUT2D eigenvalue weighted by Gasteiger charge is 2.05. The van der Waals surface area contributed by atoms with Gasteiger partial charge in [-0.1, -0.05) is 0 Å². The summed E-state index contributed by atoms with van der Waals surface area (Å²) < 4.78 is 1.87. The average molecular weight is 243 g/mol. The molecule has 3 heterocycles. The van der Waals surface area contributed by atoms with Crippen molar-refractivity contribution in [3.05, 3.63) is 30.6 Å². The summed E-state index contributed by atoms with van der Waals surface area (Å²) in [5.41, 5.74) is 2.69. The van der Waals surface area contributed by atoms with Crippen LogP contribution in [0.15, 0.2) is 24.9 Å². The van der Waals surface area contributed by atoms with E-state index in [0.717, 1.165) is 24.3 Å². The van der Waals surface area contributed by atoms with E-state index in [9.17, 15) is 0 Å². The number of rotatable bonds is 4. The van der Waals surface area contributed by atoms with Crippen LogP contribution in [-0.4, -0.2) is 36.3 Å². The molecule has 0 aromatic carbocycles. The third kappa shape index (κ3) is 1.90. The Morgan fingerprint density at radius 3 is 3.11 bits per heavy atom. The fraction of sp³-hybridized carbons (Fsp3) is 0.273. The quantitative estimate of drug-likeness (QED) is 0.706. The van der Waals surface area contributed by atoms with E-state index in [1.54, 1.807) is 12.5 Å². The molecule has 0 aliphatic heterocycles. The molecule has 2 N–H and O–H groups in total. The zero-order chi connectivity index (χ0) is 12.4. The Morgan fingerprint density at radius 1 is 1.33 bits per heavy atom. The number of aromatic amines is 1. The van der Waals surface area contributed by atoms with Crippen LogP contribution in [0, 0.1) is 0 Å². The van der Waals surface area contributed by atoms with E-state index in [4.69, 9.17) is 0 Å². The number of imidazole rings is 1. The lowest BCUT2D eigenvalue weighted by Crippen LogP contribution is -2.09. The van der Waals surface area contributed by atoms with Crippen molar-refractivity contribution in [2.75, 3.05) is 11.9 Å². The second-order valence-corrected chi connectivity index (χ2v) is 3.95. The van der Waals surface area contributed by atoms with Crippen molar-refractivity contribution >= 4 is 17.0 Å². The van der Waals surface area contributed by atoms with Crippen molar-refractivity contribution in [3.63, 3.8) is 0 Å². The first kappa shape index (κ1) is 10.7. The molecule has 3 aromatic rings. The molecule has 0 unspecified atom stereocenters. The molecule has 0 spiro atoms. The molecule has 92 valence electrons. The van der Waals surface area contributed by atoms with Crippen molar-refractivity contribution in [1.29, 1.82) is 0 Å². The van der Waals surface area contributed by atoms with Crippen LogP contribution < -0.4 is 5.32 Å². The Bertz CT molecular complexity index is 654. The first-order valence-corrected chi connectivity index (χ1v) is 5.69. The van der Waals surface area contributed by atoms with Gasteiger partial charge in [0.1, 0.15) is 11.8 Å². The van der Waals surface area contributed by atoms with Gasteiger partial charge in [0.05, 0.1) is 6.33 Å². The van der Waals surface area contributed by atoms with Gasteiger partial charge < -0.3 is 10.3 Å². The minimum atomic E-state index is 0.674. The smallest absolute Gasteiger partial charge is 0.182 e. The Labute approximate surface area is 103 Å². The van der Waals surface area contributed by atoms with Crippen molar-refractivity contribution in [2.24, 2.45) is 7.05 Å². The summed E-state index contributed by atoms with van der Waals surface area (Å²) in [4.78, 5) is 15.4. The van der Waals surface area contributed by atoms with Crippen LogP contribution in [0.2, 0.25) is 0 Å². The minimum absolute atomic E-state index is 0.674. The number of nitrogens with zero attached hydrogens (tertiary/aromatic N) is 5. The third-order valence-corrected chi connectivity index (χ3v) is 2.82. The summed E-state index contributed by atoms with van der Waals surface area (Å²) in [6, 6.07) is 2.01. The molecule has 0 fully saturated rings. The van der Waals surface area contributed by atoms with Gasteiger partial charge >= 0.3 is 0 Å². The summed E-state index contributed by atoms with van der Waals surface area (Å²) in [6.45, 7) is 0.782. The van der Waals surface area contributed by atoms with Gasteiger partial charge in [-0.05, 0) is 6.07 Å². The summed E-state index contributed by atoms with van der Waals surface area (Å²) in [5.74, 6) is 0.777. The van der Waals surface area contributed by atoms with Crippen molar-refractivity contribution in [3.8, 4) is 0 Å². The molecule has 3 rings (SSSR count). The van der Waals surface area contributed by atoms with Crippen LogP contribution >= 0.6 is 0 Å². The maximum Gasteiger partial charge on any atom is 0.182 e. The number of H-pyrrole nitrogens is 1. The molecule has 7 nitrogen and oxygen atoms in total. The van der Waals surface area contributed by atoms with E-state index < -0.39 is 0 Å². The monoisotopic (exact) mass is 243 g/mol. The van der Waals surface area contributed by atoms with Crippen LogP contribution in [-0.2, 0) is 13.5 Å². The molecule has 18 heavy (non-hydrogen) atoms. The van der Waals surface area contributed by atoms with Gasteiger partial charge in [-0.3, -0.25) is 4.68 Å². The van der Waals surface area contributed by atoms with Gasteiger partial charge in [-0.2, -0.15) is 5.10 Å². The van der Waals surface area contributed by atoms with Crippen LogP contribution in [0.5, 0.6) is 0 Å². The van der Waals surface area contributed by atoms with Crippen LogP contribution in [0.1, 0.15) is 5.69 Å². The highest BCUT2D eigenvalue weighted by Crippen LogP contribution is 2.14. The normalized spacial score (nSPS) is 10.9. The predicted molar refractivity (Wildman–Crippen MR) is 67.1 cm³/mol. The highest BCUT2D eigenvalue weighted by atomic mass is 15.3. The van der Waals surface area contributed by atoms with Gasteiger partial charge in [0.25, 0.3) is 0 Å². The Hall–Kier alpha value is -2.44. The summed E-state index contributed by atoms with van der Waals surface area (Å²) in [5, 5.41) is 7.41. The molecule has 0 amide bonds. The van der Waals surface area contributed by atoms with Gasteiger partial charge in [0.15, 0.2) is 11.5 Å². The molecule has 0 saturated carbocycles. The largest absolute Gasteiger partial charge is 0.368 e. The second kappa shape index (κ2) is 4.44. The molecule has 0 aliphatic carbocycles. The summed E-state index contributed by atoms with van der Waals surface area (Å²) in [7, 11) is 1.94. The van der Waals surface area contributed by atoms with E-state index in [-0.39, 0.29) is 0 Å².